The zero-order valence-electron chi connectivity index (χ0n) is 13.0. The number of benzene rings is 1. The van der Waals surface area contributed by atoms with Gasteiger partial charge in [-0.1, -0.05) is 12.1 Å². The lowest BCUT2D eigenvalue weighted by Crippen LogP contribution is -2.42. The number of hydrogen-bond acceptors (Lipinski definition) is 4. The molecule has 2 unspecified atom stereocenters. The summed E-state index contributed by atoms with van der Waals surface area (Å²) in [5.41, 5.74) is 0.520. The van der Waals surface area contributed by atoms with Crippen LogP contribution >= 0.6 is 0 Å². The Bertz CT molecular complexity index is 376. The molecule has 0 heterocycles. The fourth-order valence-electron chi connectivity index (χ4n) is 1.99. The molecule has 0 amide bonds. The van der Waals surface area contributed by atoms with Crippen LogP contribution in [0.2, 0.25) is 0 Å². The van der Waals surface area contributed by atoms with E-state index in [9.17, 15) is 5.11 Å². The Kier molecular flexibility index (Phi) is 6.99. The predicted molar refractivity (Wildman–Crippen MR) is 81.3 cm³/mol. The molecule has 2 atom stereocenters. The molecular formula is C16H27NO3. The summed E-state index contributed by atoms with van der Waals surface area (Å²) in [5, 5.41) is 13.5. The minimum atomic E-state index is -0.732. The zero-order valence-corrected chi connectivity index (χ0v) is 13.0. The summed E-state index contributed by atoms with van der Waals surface area (Å²) in [6.07, 6.45) is 1.55. The summed E-state index contributed by atoms with van der Waals surface area (Å²) < 4.78 is 10.1. The maximum absolute atomic E-state index is 10.2. The average molecular weight is 281 g/mol. The first-order valence-electron chi connectivity index (χ1n) is 7.04. The molecule has 0 bridgehead atoms. The van der Waals surface area contributed by atoms with E-state index in [1.807, 2.05) is 19.1 Å². The topological polar surface area (TPSA) is 50.7 Å². The Morgan fingerprint density at radius 1 is 1.25 bits per heavy atom. The van der Waals surface area contributed by atoms with Gasteiger partial charge in [0, 0.05) is 32.7 Å². The Balaban J connectivity index is 2.37. The van der Waals surface area contributed by atoms with Crippen molar-refractivity contribution in [1.82, 2.24) is 5.32 Å². The number of aliphatic hydroxyl groups is 1. The Hall–Kier alpha value is -1.10. The number of hydrogen-bond donors (Lipinski definition) is 2. The molecule has 0 saturated heterocycles. The Morgan fingerprint density at radius 3 is 2.45 bits per heavy atom. The number of methoxy groups -OCH3 is 2. The van der Waals surface area contributed by atoms with Gasteiger partial charge in [-0.3, -0.25) is 0 Å². The Morgan fingerprint density at radius 2 is 1.90 bits per heavy atom. The van der Waals surface area contributed by atoms with E-state index in [1.165, 1.54) is 5.56 Å². The lowest BCUT2D eigenvalue weighted by Gasteiger charge is -2.25. The first-order valence-corrected chi connectivity index (χ1v) is 7.04. The molecular weight excluding hydrogens is 254 g/mol. The highest BCUT2D eigenvalue weighted by Crippen LogP contribution is 2.13. The van der Waals surface area contributed by atoms with E-state index in [2.05, 4.69) is 24.4 Å². The maximum atomic E-state index is 10.2. The lowest BCUT2D eigenvalue weighted by atomic mass is 10.0. The molecule has 1 aromatic carbocycles. The lowest BCUT2D eigenvalue weighted by molar-refractivity contribution is 0.0231. The summed E-state index contributed by atoms with van der Waals surface area (Å²) in [6, 6.07) is 8.38. The molecule has 0 fully saturated rings. The molecule has 0 aliphatic heterocycles. The van der Waals surface area contributed by atoms with Gasteiger partial charge in [-0.2, -0.15) is 0 Å². The number of rotatable bonds is 9. The highest BCUT2D eigenvalue weighted by molar-refractivity contribution is 5.27. The summed E-state index contributed by atoms with van der Waals surface area (Å²) in [6.45, 7) is 5.09. The summed E-state index contributed by atoms with van der Waals surface area (Å²) >= 11 is 0. The van der Waals surface area contributed by atoms with Crippen LogP contribution in [0.25, 0.3) is 0 Å². The standard InChI is InChI=1S/C16H27NO3/c1-13(17-12-16(2,18)9-10-19-3)11-14-5-7-15(20-4)8-6-14/h5-8,13,17-18H,9-12H2,1-4H3. The second-order valence-corrected chi connectivity index (χ2v) is 5.57. The van der Waals surface area contributed by atoms with Crippen LogP contribution in [0.1, 0.15) is 25.8 Å². The van der Waals surface area contributed by atoms with Gasteiger partial charge in [0.1, 0.15) is 5.75 Å². The van der Waals surface area contributed by atoms with Crippen LogP contribution < -0.4 is 10.1 Å². The van der Waals surface area contributed by atoms with Gasteiger partial charge in [-0.05, 0) is 38.0 Å². The van der Waals surface area contributed by atoms with E-state index < -0.39 is 5.60 Å². The van der Waals surface area contributed by atoms with E-state index in [1.54, 1.807) is 14.2 Å². The van der Waals surface area contributed by atoms with Gasteiger partial charge in [0.25, 0.3) is 0 Å². The third-order valence-corrected chi connectivity index (χ3v) is 3.38. The third kappa shape index (κ3) is 6.37. The second-order valence-electron chi connectivity index (χ2n) is 5.57. The van der Waals surface area contributed by atoms with Crippen molar-refractivity contribution in [2.45, 2.75) is 38.3 Å². The van der Waals surface area contributed by atoms with Crippen molar-refractivity contribution in [3.8, 4) is 5.75 Å². The molecule has 20 heavy (non-hydrogen) atoms. The van der Waals surface area contributed by atoms with Gasteiger partial charge < -0.3 is 19.9 Å². The smallest absolute Gasteiger partial charge is 0.118 e. The van der Waals surface area contributed by atoms with Crippen molar-refractivity contribution >= 4 is 0 Å². The summed E-state index contributed by atoms with van der Waals surface area (Å²) in [7, 11) is 3.32. The van der Waals surface area contributed by atoms with Crippen LogP contribution in [-0.2, 0) is 11.2 Å². The highest BCUT2D eigenvalue weighted by Gasteiger charge is 2.20. The van der Waals surface area contributed by atoms with E-state index in [0.29, 0.717) is 25.6 Å². The molecule has 0 saturated carbocycles. The van der Waals surface area contributed by atoms with Crippen LogP contribution in [0.4, 0.5) is 0 Å². The third-order valence-electron chi connectivity index (χ3n) is 3.38. The van der Waals surface area contributed by atoms with Crippen molar-refractivity contribution in [2.24, 2.45) is 0 Å². The van der Waals surface area contributed by atoms with E-state index >= 15 is 0 Å². The fraction of sp³-hybridized carbons (Fsp3) is 0.625. The number of nitrogens with one attached hydrogen (secondary N) is 1. The minimum absolute atomic E-state index is 0.303. The van der Waals surface area contributed by atoms with Crippen molar-refractivity contribution in [2.75, 3.05) is 27.4 Å². The van der Waals surface area contributed by atoms with Gasteiger partial charge in [0.05, 0.1) is 12.7 Å². The molecule has 4 heteroatoms. The first kappa shape index (κ1) is 17.0. The molecule has 0 aliphatic carbocycles. The molecule has 4 nitrogen and oxygen atoms in total. The quantitative estimate of drug-likeness (QED) is 0.727. The SMILES string of the molecule is COCCC(C)(O)CNC(C)Cc1ccc(OC)cc1. The van der Waals surface area contributed by atoms with Gasteiger partial charge in [-0.15, -0.1) is 0 Å². The molecule has 114 valence electrons. The van der Waals surface area contributed by atoms with Crippen molar-refractivity contribution in [1.29, 1.82) is 0 Å². The summed E-state index contributed by atoms with van der Waals surface area (Å²) in [5.74, 6) is 0.872. The second kappa shape index (κ2) is 8.25. The largest absolute Gasteiger partial charge is 0.497 e. The highest BCUT2D eigenvalue weighted by atomic mass is 16.5. The fourth-order valence-corrected chi connectivity index (χ4v) is 1.99. The van der Waals surface area contributed by atoms with Crippen LogP contribution in [0.3, 0.4) is 0 Å². The van der Waals surface area contributed by atoms with Crippen molar-refractivity contribution in [3.05, 3.63) is 29.8 Å². The minimum Gasteiger partial charge on any atom is -0.497 e. The predicted octanol–water partition coefficient (Wildman–Crippen LogP) is 2.00. The van der Waals surface area contributed by atoms with E-state index in [0.717, 1.165) is 12.2 Å². The van der Waals surface area contributed by atoms with Crippen molar-refractivity contribution < 1.29 is 14.6 Å². The average Bonchev–Trinajstić information content (AvgIpc) is 2.44. The van der Waals surface area contributed by atoms with Crippen LogP contribution in [0.15, 0.2) is 24.3 Å². The van der Waals surface area contributed by atoms with Crippen LogP contribution in [0, 0.1) is 0 Å². The molecule has 1 aromatic rings. The van der Waals surface area contributed by atoms with E-state index in [-0.39, 0.29) is 0 Å². The zero-order chi connectivity index (χ0) is 15.0. The monoisotopic (exact) mass is 281 g/mol. The molecule has 0 aromatic heterocycles. The molecule has 0 aliphatic rings. The number of ether oxygens (including phenoxy) is 2. The molecule has 0 radical (unpaired) electrons. The molecule has 2 N–H and O–H groups in total. The normalized spacial score (nSPS) is 15.7. The van der Waals surface area contributed by atoms with Gasteiger partial charge >= 0.3 is 0 Å². The van der Waals surface area contributed by atoms with Gasteiger partial charge in [0.2, 0.25) is 0 Å². The maximum Gasteiger partial charge on any atom is 0.118 e. The van der Waals surface area contributed by atoms with Gasteiger partial charge in [0.15, 0.2) is 0 Å². The van der Waals surface area contributed by atoms with Crippen LogP contribution in [0.5, 0.6) is 5.75 Å². The molecule has 1 rings (SSSR count). The summed E-state index contributed by atoms with van der Waals surface area (Å²) in [4.78, 5) is 0. The van der Waals surface area contributed by atoms with Crippen LogP contribution in [-0.4, -0.2) is 44.1 Å². The molecule has 0 spiro atoms. The van der Waals surface area contributed by atoms with E-state index in [4.69, 9.17) is 9.47 Å². The van der Waals surface area contributed by atoms with Gasteiger partial charge in [-0.25, -0.2) is 0 Å². The first-order chi connectivity index (χ1) is 9.46. The van der Waals surface area contributed by atoms with Crippen molar-refractivity contribution in [3.63, 3.8) is 0 Å². The Labute approximate surface area is 122 Å².